The topological polar surface area (TPSA) is 71.0 Å². The Labute approximate surface area is 76.6 Å². The number of fused-ring (bicyclic) bond motifs is 1. The molecular formula is C8H15NO4. The SMILES string of the molecule is OCCNC1COC2C(O)COC12. The molecule has 2 heterocycles. The zero-order valence-electron chi connectivity index (χ0n) is 7.35. The van der Waals surface area contributed by atoms with Crippen LogP contribution in [0.4, 0.5) is 0 Å². The van der Waals surface area contributed by atoms with Gasteiger partial charge in [-0.25, -0.2) is 0 Å². The Bertz CT molecular complexity index is 178. The van der Waals surface area contributed by atoms with Gasteiger partial charge in [0.1, 0.15) is 18.3 Å². The highest BCUT2D eigenvalue weighted by Crippen LogP contribution is 2.26. The maximum absolute atomic E-state index is 9.42. The first-order chi connectivity index (χ1) is 6.33. The van der Waals surface area contributed by atoms with Crippen molar-refractivity contribution < 1.29 is 19.7 Å². The van der Waals surface area contributed by atoms with Crippen molar-refractivity contribution in [3.63, 3.8) is 0 Å². The molecular weight excluding hydrogens is 174 g/mol. The molecule has 0 aromatic rings. The van der Waals surface area contributed by atoms with Crippen LogP contribution in [0.2, 0.25) is 0 Å². The zero-order chi connectivity index (χ0) is 9.26. The van der Waals surface area contributed by atoms with Gasteiger partial charge in [-0.05, 0) is 0 Å². The fourth-order valence-corrected chi connectivity index (χ4v) is 1.90. The zero-order valence-corrected chi connectivity index (χ0v) is 7.35. The fraction of sp³-hybridized carbons (Fsp3) is 1.00. The molecule has 76 valence electrons. The summed E-state index contributed by atoms with van der Waals surface area (Å²) in [5.41, 5.74) is 0. The molecule has 0 aliphatic carbocycles. The summed E-state index contributed by atoms with van der Waals surface area (Å²) in [7, 11) is 0. The van der Waals surface area contributed by atoms with Gasteiger partial charge in [-0.1, -0.05) is 0 Å². The quantitative estimate of drug-likeness (QED) is 0.483. The predicted molar refractivity (Wildman–Crippen MR) is 44.4 cm³/mol. The molecule has 5 nitrogen and oxygen atoms in total. The summed E-state index contributed by atoms with van der Waals surface area (Å²) in [5, 5.41) is 21.2. The molecule has 2 saturated heterocycles. The van der Waals surface area contributed by atoms with Crippen LogP contribution >= 0.6 is 0 Å². The van der Waals surface area contributed by atoms with E-state index in [1.54, 1.807) is 0 Å². The minimum absolute atomic E-state index is 0.0541. The van der Waals surface area contributed by atoms with Crippen molar-refractivity contribution in [3.8, 4) is 0 Å². The molecule has 2 aliphatic heterocycles. The lowest BCUT2D eigenvalue weighted by Gasteiger charge is -2.16. The molecule has 0 bridgehead atoms. The summed E-state index contributed by atoms with van der Waals surface area (Å²) < 4.78 is 10.8. The maximum Gasteiger partial charge on any atom is 0.113 e. The molecule has 4 unspecified atom stereocenters. The van der Waals surface area contributed by atoms with Gasteiger partial charge < -0.3 is 25.0 Å². The molecule has 0 saturated carbocycles. The van der Waals surface area contributed by atoms with Crippen molar-refractivity contribution in [3.05, 3.63) is 0 Å². The van der Waals surface area contributed by atoms with Crippen molar-refractivity contribution in [2.24, 2.45) is 0 Å². The Kier molecular flexibility index (Phi) is 2.80. The third-order valence-corrected chi connectivity index (χ3v) is 2.55. The van der Waals surface area contributed by atoms with E-state index in [4.69, 9.17) is 14.6 Å². The number of hydrogen-bond donors (Lipinski definition) is 3. The van der Waals surface area contributed by atoms with Crippen LogP contribution in [0.5, 0.6) is 0 Å². The minimum atomic E-state index is -0.495. The largest absolute Gasteiger partial charge is 0.395 e. The highest BCUT2D eigenvalue weighted by atomic mass is 16.6. The van der Waals surface area contributed by atoms with Crippen LogP contribution in [-0.2, 0) is 9.47 Å². The lowest BCUT2D eigenvalue weighted by atomic mass is 10.1. The van der Waals surface area contributed by atoms with Crippen molar-refractivity contribution in [1.29, 1.82) is 0 Å². The van der Waals surface area contributed by atoms with Crippen molar-refractivity contribution in [2.45, 2.75) is 24.4 Å². The number of rotatable bonds is 3. The smallest absolute Gasteiger partial charge is 0.113 e. The molecule has 0 aromatic carbocycles. The number of hydrogen-bond acceptors (Lipinski definition) is 5. The van der Waals surface area contributed by atoms with E-state index >= 15 is 0 Å². The molecule has 2 fully saturated rings. The summed E-state index contributed by atoms with van der Waals surface area (Å²) in [6, 6.07) is 0.106. The molecule has 0 spiro atoms. The number of aliphatic hydroxyl groups is 2. The lowest BCUT2D eigenvalue weighted by molar-refractivity contribution is 0.0178. The minimum Gasteiger partial charge on any atom is -0.395 e. The highest BCUT2D eigenvalue weighted by molar-refractivity contribution is 4.97. The standard InChI is InChI=1S/C8H15NO4/c10-2-1-9-5-3-12-8-6(11)4-13-7(5)8/h5-11H,1-4H2. The van der Waals surface area contributed by atoms with Crippen LogP contribution in [-0.4, -0.2) is 60.9 Å². The second-order valence-electron chi connectivity index (χ2n) is 3.45. The van der Waals surface area contributed by atoms with Crippen LogP contribution in [0, 0.1) is 0 Å². The summed E-state index contributed by atoms with van der Waals surface area (Å²) in [6.07, 6.45) is -0.733. The Hall–Kier alpha value is -0.200. The van der Waals surface area contributed by atoms with Gasteiger partial charge >= 0.3 is 0 Å². The van der Waals surface area contributed by atoms with E-state index in [9.17, 15) is 5.11 Å². The summed E-state index contributed by atoms with van der Waals surface area (Å²) in [4.78, 5) is 0. The van der Waals surface area contributed by atoms with Crippen LogP contribution < -0.4 is 5.32 Å². The first-order valence-corrected chi connectivity index (χ1v) is 4.58. The van der Waals surface area contributed by atoms with E-state index in [1.165, 1.54) is 0 Å². The Morgan fingerprint density at radius 3 is 2.77 bits per heavy atom. The monoisotopic (exact) mass is 189 g/mol. The second-order valence-corrected chi connectivity index (χ2v) is 3.45. The Balaban J connectivity index is 1.87. The van der Waals surface area contributed by atoms with E-state index < -0.39 is 6.10 Å². The van der Waals surface area contributed by atoms with E-state index in [2.05, 4.69) is 5.32 Å². The van der Waals surface area contributed by atoms with Gasteiger partial charge in [0.05, 0.1) is 25.9 Å². The van der Waals surface area contributed by atoms with Gasteiger partial charge in [-0.2, -0.15) is 0 Å². The lowest BCUT2D eigenvalue weighted by Crippen LogP contribution is -2.42. The molecule has 2 rings (SSSR count). The highest BCUT2D eigenvalue weighted by Gasteiger charge is 2.46. The maximum atomic E-state index is 9.42. The summed E-state index contributed by atoms with van der Waals surface area (Å²) in [5.74, 6) is 0. The average molecular weight is 189 g/mol. The van der Waals surface area contributed by atoms with Gasteiger partial charge in [0.15, 0.2) is 0 Å². The summed E-state index contributed by atoms with van der Waals surface area (Å²) >= 11 is 0. The van der Waals surface area contributed by atoms with E-state index in [0.29, 0.717) is 19.8 Å². The molecule has 5 heteroatoms. The van der Waals surface area contributed by atoms with Crippen LogP contribution in [0.1, 0.15) is 0 Å². The molecule has 2 aliphatic rings. The van der Waals surface area contributed by atoms with Gasteiger partial charge in [0.2, 0.25) is 0 Å². The van der Waals surface area contributed by atoms with Crippen molar-refractivity contribution in [1.82, 2.24) is 5.32 Å². The van der Waals surface area contributed by atoms with Crippen molar-refractivity contribution in [2.75, 3.05) is 26.4 Å². The second kappa shape index (κ2) is 3.89. The Morgan fingerprint density at radius 2 is 2.00 bits per heavy atom. The molecule has 4 atom stereocenters. The van der Waals surface area contributed by atoms with E-state index in [-0.39, 0.29) is 24.9 Å². The third-order valence-electron chi connectivity index (χ3n) is 2.55. The summed E-state index contributed by atoms with van der Waals surface area (Å²) in [6.45, 7) is 1.55. The van der Waals surface area contributed by atoms with Crippen molar-refractivity contribution >= 4 is 0 Å². The Morgan fingerprint density at radius 1 is 1.23 bits per heavy atom. The van der Waals surface area contributed by atoms with E-state index in [0.717, 1.165) is 0 Å². The first-order valence-electron chi connectivity index (χ1n) is 4.58. The molecule has 3 N–H and O–H groups in total. The fourth-order valence-electron chi connectivity index (χ4n) is 1.90. The number of ether oxygens (including phenoxy) is 2. The average Bonchev–Trinajstić information content (AvgIpc) is 2.67. The number of nitrogens with one attached hydrogen (secondary N) is 1. The van der Waals surface area contributed by atoms with Gasteiger partial charge in [0.25, 0.3) is 0 Å². The van der Waals surface area contributed by atoms with Gasteiger partial charge in [-0.15, -0.1) is 0 Å². The molecule has 0 aromatic heterocycles. The van der Waals surface area contributed by atoms with Crippen LogP contribution in [0.15, 0.2) is 0 Å². The van der Waals surface area contributed by atoms with E-state index in [1.807, 2.05) is 0 Å². The normalized spacial score (nSPS) is 43.8. The van der Waals surface area contributed by atoms with Gasteiger partial charge in [-0.3, -0.25) is 0 Å². The third kappa shape index (κ3) is 1.70. The van der Waals surface area contributed by atoms with Crippen LogP contribution in [0.3, 0.4) is 0 Å². The predicted octanol–water partition coefficient (Wildman–Crippen LogP) is -1.90. The number of aliphatic hydroxyl groups excluding tert-OH is 2. The molecule has 0 amide bonds. The first kappa shape index (κ1) is 9.36. The van der Waals surface area contributed by atoms with Gasteiger partial charge in [0, 0.05) is 6.54 Å². The van der Waals surface area contributed by atoms with Crippen LogP contribution in [0.25, 0.3) is 0 Å². The molecule has 13 heavy (non-hydrogen) atoms. The molecule has 0 radical (unpaired) electrons.